The number of allylic oxidation sites excluding steroid dienone is 3. The van der Waals surface area contributed by atoms with E-state index in [9.17, 15) is 10.1 Å². The van der Waals surface area contributed by atoms with Gasteiger partial charge in [-0.3, -0.25) is 9.69 Å². The molecule has 0 amide bonds. The van der Waals surface area contributed by atoms with E-state index < -0.39 is 5.92 Å². The van der Waals surface area contributed by atoms with Gasteiger partial charge in [-0.05, 0) is 94.2 Å². The average Bonchev–Trinajstić information content (AvgIpc) is 2.90. The van der Waals surface area contributed by atoms with Crippen LogP contribution in [0.3, 0.4) is 0 Å². The molecular weight excluding hydrogens is 621 g/mol. The maximum absolute atomic E-state index is 14.0. The molecule has 1 aliphatic carbocycles. The second kappa shape index (κ2) is 11.2. The van der Waals surface area contributed by atoms with Crippen LogP contribution in [-0.4, -0.2) is 5.78 Å². The van der Waals surface area contributed by atoms with E-state index in [0.29, 0.717) is 46.3 Å². The molecule has 3 aromatic carbocycles. The number of hydrogen-bond acceptors (Lipinski definition) is 5. The van der Waals surface area contributed by atoms with Crippen LogP contribution >= 0.6 is 39.1 Å². The minimum Gasteiger partial charge on any atom is -0.488 e. The van der Waals surface area contributed by atoms with Crippen LogP contribution in [-0.2, 0) is 11.4 Å². The summed E-state index contributed by atoms with van der Waals surface area (Å²) in [6, 6.07) is 19.4. The Morgan fingerprint density at radius 3 is 2.49 bits per heavy atom. The molecule has 5 nitrogen and oxygen atoms in total. The zero-order chi connectivity index (χ0) is 29.6. The van der Waals surface area contributed by atoms with E-state index in [-0.39, 0.29) is 17.0 Å². The lowest BCUT2D eigenvalue weighted by molar-refractivity contribution is -0.118. The van der Waals surface area contributed by atoms with Crippen LogP contribution in [0.2, 0.25) is 10.0 Å². The molecule has 2 N–H and O–H groups in total. The van der Waals surface area contributed by atoms with E-state index in [1.54, 1.807) is 18.2 Å². The molecule has 0 fully saturated rings. The maximum Gasteiger partial charge on any atom is 0.162 e. The predicted molar refractivity (Wildman–Crippen MR) is 168 cm³/mol. The van der Waals surface area contributed by atoms with Crippen LogP contribution < -0.4 is 15.4 Å². The van der Waals surface area contributed by atoms with Gasteiger partial charge in [-0.2, -0.15) is 5.26 Å². The van der Waals surface area contributed by atoms with Gasteiger partial charge in [-0.15, -0.1) is 0 Å². The lowest BCUT2D eigenvalue weighted by atomic mass is 9.68. The first-order valence-electron chi connectivity index (χ1n) is 13.3. The number of para-hydroxylation sites is 1. The maximum atomic E-state index is 14.0. The molecule has 5 rings (SSSR count). The van der Waals surface area contributed by atoms with Gasteiger partial charge in [0.2, 0.25) is 0 Å². The number of nitriles is 1. The molecule has 0 saturated carbocycles. The van der Waals surface area contributed by atoms with Crippen molar-refractivity contribution in [1.29, 1.82) is 5.26 Å². The number of hydrogen-bond donors (Lipinski definition) is 1. The van der Waals surface area contributed by atoms with E-state index in [2.05, 4.69) is 48.0 Å². The number of nitrogens with zero attached hydrogens (tertiary/aromatic N) is 2. The highest BCUT2D eigenvalue weighted by Gasteiger charge is 2.45. The summed E-state index contributed by atoms with van der Waals surface area (Å²) >= 11 is 16.2. The summed E-state index contributed by atoms with van der Waals surface area (Å²) in [6.45, 7) is 8.53. The molecule has 0 bridgehead atoms. The Kier molecular flexibility index (Phi) is 8.00. The topological polar surface area (TPSA) is 79.4 Å². The zero-order valence-corrected chi connectivity index (χ0v) is 26.4. The molecule has 8 heteroatoms. The second-order valence-electron chi connectivity index (χ2n) is 11.4. The third-order valence-corrected chi connectivity index (χ3v) is 9.19. The van der Waals surface area contributed by atoms with Gasteiger partial charge in [0, 0.05) is 23.4 Å². The largest absolute Gasteiger partial charge is 0.488 e. The van der Waals surface area contributed by atoms with Gasteiger partial charge in [0.25, 0.3) is 0 Å². The second-order valence-corrected chi connectivity index (χ2v) is 13.1. The Balaban J connectivity index is 1.68. The number of carbonyl (C=O) groups excluding carboxylic acids is 1. The first-order chi connectivity index (χ1) is 19.4. The summed E-state index contributed by atoms with van der Waals surface area (Å²) in [5.74, 6) is 0.435. The van der Waals surface area contributed by atoms with Crippen LogP contribution in [0.15, 0.2) is 81.7 Å². The number of aryl methyl sites for hydroxylation is 2. The minimum absolute atomic E-state index is 0.0116. The molecule has 0 aromatic heterocycles. The predicted octanol–water partition coefficient (Wildman–Crippen LogP) is 8.89. The Morgan fingerprint density at radius 2 is 1.80 bits per heavy atom. The fraction of sp³-hybridized carbons (Fsp3) is 0.273. The van der Waals surface area contributed by atoms with Crippen LogP contribution in [0.1, 0.15) is 54.9 Å². The third kappa shape index (κ3) is 5.51. The van der Waals surface area contributed by atoms with E-state index >= 15 is 0 Å². The molecule has 0 spiro atoms. The Morgan fingerprint density at radius 1 is 1.07 bits per heavy atom. The van der Waals surface area contributed by atoms with Gasteiger partial charge in [-0.1, -0.05) is 61.3 Å². The molecule has 1 heterocycles. The molecule has 1 aliphatic heterocycles. The van der Waals surface area contributed by atoms with Gasteiger partial charge < -0.3 is 10.5 Å². The lowest BCUT2D eigenvalue weighted by Crippen LogP contribution is -2.42. The van der Waals surface area contributed by atoms with Crippen LogP contribution in [0, 0.1) is 30.6 Å². The van der Waals surface area contributed by atoms with Gasteiger partial charge in [0.1, 0.15) is 18.2 Å². The van der Waals surface area contributed by atoms with Crippen molar-refractivity contribution >= 4 is 50.6 Å². The number of ether oxygens (including phenoxy) is 1. The van der Waals surface area contributed by atoms with E-state index in [4.69, 9.17) is 33.7 Å². The molecule has 2 aliphatic rings. The highest BCUT2D eigenvalue weighted by molar-refractivity contribution is 9.10. The van der Waals surface area contributed by atoms with Gasteiger partial charge in [0.15, 0.2) is 5.78 Å². The molecule has 1 unspecified atom stereocenters. The summed E-state index contributed by atoms with van der Waals surface area (Å²) < 4.78 is 7.02. The fourth-order valence-corrected chi connectivity index (χ4v) is 6.53. The van der Waals surface area contributed by atoms with Crippen molar-refractivity contribution in [3.8, 4) is 11.8 Å². The number of ketones is 1. The molecule has 210 valence electrons. The van der Waals surface area contributed by atoms with E-state index in [1.165, 1.54) is 0 Å². The van der Waals surface area contributed by atoms with Crippen molar-refractivity contribution < 1.29 is 9.53 Å². The number of Topliss-reactive ketones (excluding diaryl/α,β-unsaturated/α-hetero) is 1. The van der Waals surface area contributed by atoms with E-state index in [1.807, 2.05) is 43.0 Å². The number of carbonyl (C=O) groups is 1. The van der Waals surface area contributed by atoms with Crippen molar-refractivity contribution in [3.63, 3.8) is 0 Å². The first-order valence-corrected chi connectivity index (χ1v) is 14.8. The number of anilines is 1. The molecule has 3 aromatic rings. The fourth-order valence-electron chi connectivity index (χ4n) is 5.84. The van der Waals surface area contributed by atoms with Crippen molar-refractivity contribution in [2.24, 2.45) is 11.1 Å². The Bertz CT molecular complexity index is 1690. The molecule has 1 atom stereocenters. The number of nitrogens with two attached hydrogens (primary N) is 1. The highest BCUT2D eigenvalue weighted by atomic mass is 79.9. The molecule has 41 heavy (non-hydrogen) atoms. The summed E-state index contributed by atoms with van der Waals surface area (Å²) in [6.07, 6.45) is 0.978. The quantitative estimate of drug-likeness (QED) is 0.298. The molecule has 0 radical (unpaired) electrons. The Hall–Kier alpha value is -3.24. The summed E-state index contributed by atoms with van der Waals surface area (Å²) in [5.41, 5.74) is 12.8. The number of rotatable bonds is 5. The number of benzene rings is 3. The normalized spacial score (nSPS) is 18.3. The third-order valence-electron chi connectivity index (χ3n) is 7.80. The smallest absolute Gasteiger partial charge is 0.162 e. The molecular formula is C33H30BrCl2N3O2. The SMILES string of the molecule is Cc1cc(C)c(C2C(C#N)=C(N)N(c3ccc(Cl)c(Cl)c3)C3=C2C(=O)CC(C)(C)C3)cc1COc1ccccc1Br. The van der Waals surface area contributed by atoms with Crippen molar-refractivity contribution in [2.45, 2.75) is 53.1 Å². The van der Waals surface area contributed by atoms with Crippen LogP contribution in [0.5, 0.6) is 5.75 Å². The summed E-state index contributed by atoms with van der Waals surface area (Å²) in [4.78, 5) is 15.8. The van der Waals surface area contributed by atoms with Gasteiger partial charge in [0.05, 0.1) is 32.1 Å². The average molecular weight is 651 g/mol. The van der Waals surface area contributed by atoms with Crippen LogP contribution in [0.25, 0.3) is 0 Å². The summed E-state index contributed by atoms with van der Waals surface area (Å²) in [7, 11) is 0. The Labute approximate surface area is 259 Å². The highest BCUT2D eigenvalue weighted by Crippen LogP contribution is 2.51. The summed E-state index contributed by atoms with van der Waals surface area (Å²) in [5, 5.41) is 11.3. The van der Waals surface area contributed by atoms with Crippen molar-refractivity contribution in [2.75, 3.05) is 4.90 Å². The zero-order valence-electron chi connectivity index (χ0n) is 23.3. The van der Waals surface area contributed by atoms with Gasteiger partial charge in [-0.25, -0.2) is 0 Å². The standard InChI is InChI=1S/C33H30BrCl2N3O2/c1-18-11-19(2)22(12-20(18)17-41-29-8-6-5-7-24(29)34)30-23(16-37)32(38)39(21-9-10-25(35)26(36)13-21)27-14-33(3,4)15-28(40)31(27)30/h5-13,30H,14-15,17,38H2,1-4H3. The van der Waals surface area contributed by atoms with E-state index in [0.717, 1.165) is 38.2 Å². The van der Waals surface area contributed by atoms with Gasteiger partial charge >= 0.3 is 0 Å². The lowest BCUT2D eigenvalue weighted by Gasteiger charge is -2.44. The van der Waals surface area contributed by atoms with Crippen LogP contribution in [0.4, 0.5) is 5.69 Å². The molecule has 0 saturated heterocycles. The van der Waals surface area contributed by atoms with Crippen molar-refractivity contribution in [3.05, 3.63) is 114 Å². The van der Waals surface area contributed by atoms with Crippen molar-refractivity contribution in [1.82, 2.24) is 0 Å². The monoisotopic (exact) mass is 649 g/mol. The minimum atomic E-state index is -0.597. The first kappa shape index (κ1) is 29.3. The number of halogens is 3.